The van der Waals surface area contributed by atoms with Crippen molar-refractivity contribution in [2.24, 2.45) is 5.92 Å². The van der Waals surface area contributed by atoms with E-state index in [4.69, 9.17) is 5.10 Å². The summed E-state index contributed by atoms with van der Waals surface area (Å²) in [5.41, 5.74) is 5.61. The number of rotatable bonds is 7. The maximum absolute atomic E-state index is 13.5. The molecule has 38 heavy (non-hydrogen) atoms. The number of aryl methyl sites for hydroxylation is 1. The molecule has 0 aliphatic heterocycles. The monoisotopic (exact) mass is 516 g/mol. The van der Waals surface area contributed by atoms with Crippen LogP contribution in [0.4, 0.5) is 5.82 Å². The summed E-state index contributed by atoms with van der Waals surface area (Å²) < 4.78 is 1.81. The molecule has 0 spiro atoms. The average Bonchev–Trinajstić information content (AvgIpc) is 3.23. The number of hydrogen-bond donors (Lipinski definition) is 1. The predicted molar refractivity (Wildman–Crippen MR) is 156 cm³/mol. The third kappa shape index (κ3) is 6.91. The normalized spacial score (nSPS) is 12.1. The summed E-state index contributed by atoms with van der Waals surface area (Å²) in [7, 11) is 0. The molecule has 0 atom stereocenters. The third-order valence-corrected chi connectivity index (χ3v) is 6.75. The Morgan fingerprint density at radius 2 is 1.58 bits per heavy atom. The Bertz CT molecular complexity index is 1290. The number of anilines is 1. The van der Waals surface area contributed by atoms with Gasteiger partial charge in [-0.25, -0.2) is 4.68 Å². The zero-order chi connectivity index (χ0) is 28.4. The molecule has 2 amide bonds. The first-order valence-electron chi connectivity index (χ1n) is 13.4. The van der Waals surface area contributed by atoms with E-state index in [9.17, 15) is 9.59 Å². The fourth-order valence-corrected chi connectivity index (χ4v) is 4.30. The van der Waals surface area contributed by atoms with E-state index in [2.05, 4.69) is 66.8 Å². The van der Waals surface area contributed by atoms with Gasteiger partial charge >= 0.3 is 0 Å². The van der Waals surface area contributed by atoms with Crippen LogP contribution >= 0.6 is 0 Å². The van der Waals surface area contributed by atoms with Gasteiger partial charge in [-0.1, -0.05) is 79.7 Å². The lowest BCUT2D eigenvalue weighted by Crippen LogP contribution is -2.40. The lowest BCUT2D eigenvalue weighted by Gasteiger charge is -2.25. The second-order valence-electron chi connectivity index (χ2n) is 12.8. The standard InChI is InChI=1S/C32H44N4O2/c1-21(2)19-35(30(38)24-14-16-25(17-15-24)31(5,6)7)20-29(37)33-28-18-27(32(8,9)10)34-36(28)26-13-11-12-22(3)23(26)4/h11-18,21H,19-20H2,1-10H3,(H,33,37). The highest BCUT2D eigenvalue weighted by Gasteiger charge is 2.25. The number of benzene rings is 2. The number of carbonyl (C=O) groups is 2. The van der Waals surface area contributed by atoms with Gasteiger partial charge in [0.25, 0.3) is 5.91 Å². The Kier molecular flexibility index (Phi) is 8.55. The van der Waals surface area contributed by atoms with E-state index in [1.165, 1.54) is 0 Å². The van der Waals surface area contributed by atoms with Crippen LogP contribution in [0.25, 0.3) is 5.69 Å². The number of hydrogen-bond acceptors (Lipinski definition) is 3. The van der Waals surface area contributed by atoms with E-state index < -0.39 is 0 Å². The minimum absolute atomic E-state index is 0.00356. The molecule has 0 aliphatic carbocycles. The van der Waals surface area contributed by atoms with Crippen LogP contribution in [0.2, 0.25) is 0 Å². The molecule has 1 N–H and O–H groups in total. The van der Waals surface area contributed by atoms with E-state index in [-0.39, 0.29) is 35.1 Å². The van der Waals surface area contributed by atoms with Crippen LogP contribution in [0.3, 0.4) is 0 Å². The molecule has 0 fully saturated rings. The zero-order valence-electron chi connectivity index (χ0n) is 24.8. The molecule has 204 valence electrons. The highest BCUT2D eigenvalue weighted by molar-refractivity contribution is 5.99. The molecule has 2 aromatic carbocycles. The molecule has 6 nitrogen and oxygen atoms in total. The fourth-order valence-electron chi connectivity index (χ4n) is 4.30. The minimum atomic E-state index is -0.253. The summed E-state index contributed by atoms with van der Waals surface area (Å²) in [5, 5.41) is 7.92. The smallest absolute Gasteiger partial charge is 0.254 e. The number of nitrogens with one attached hydrogen (secondary N) is 1. The quantitative estimate of drug-likeness (QED) is 0.375. The summed E-state index contributed by atoms with van der Waals surface area (Å²) in [4.78, 5) is 28.5. The van der Waals surface area contributed by atoms with Gasteiger partial charge < -0.3 is 10.2 Å². The molecule has 6 heteroatoms. The second kappa shape index (κ2) is 11.1. The van der Waals surface area contributed by atoms with Crippen LogP contribution in [0.15, 0.2) is 48.5 Å². The highest BCUT2D eigenvalue weighted by atomic mass is 16.2. The van der Waals surface area contributed by atoms with Crippen LogP contribution in [0.1, 0.15) is 88.1 Å². The molecule has 0 saturated heterocycles. The van der Waals surface area contributed by atoms with Crippen molar-refractivity contribution in [3.63, 3.8) is 0 Å². The fraction of sp³-hybridized carbons (Fsp3) is 0.469. The molecular formula is C32H44N4O2. The van der Waals surface area contributed by atoms with Gasteiger partial charge in [0.2, 0.25) is 5.91 Å². The zero-order valence-corrected chi connectivity index (χ0v) is 24.8. The largest absolute Gasteiger partial charge is 0.329 e. The van der Waals surface area contributed by atoms with Gasteiger partial charge in [0.05, 0.1) is 11.4 Å². The Balaban J connectivity index is 1.89. The number of nitrogens with zero attached hydrogens (tertiary/aromatic N) is 3. The summed E-state index contributed by atoms with van der Waals surface area (Å²) >= 11 is 0. The molecule has 0 aliphatic rings. The van der Waals surface area contributed by atoms with Crippen molar-refractivity contribution in [1.82, 2.24) is 14.7 Å². The number of aromatic nitrogens is 2. The molecule has 0 saturated carbocycles. The van der Waals surface area contributed by atoms with E-state index in [0.717, 1.165) is 28.1 Å². The van der Waals surface area contributed by atoms with Gasteiger partial charge in [-0.2, -0.15) is 5.10 Å². The summed E-state index contributed by atoms with van der Waals surface area (Å²) in [6.07, 6.45) is 0. The Labute approximate surface area is 228 Å². The minimum Gasteiger partial charge on any atom is -0.329 e. The average molecular weight is 517 g/mol. The summed E-state index contributed by atoms with van der Waals surface area (Å²) in [5.74, 6) is 0.415. The molecule has 3 rings (SSSR count). The van der Waals surface area contributed by atoms with Crippen LogP contribution in [-0.4, -0.2) is 39.6 Å². The molecule has 1 heterocycles. The Hall–Kier alpha value is -3.41. The highest BCUT2D eigenvalue weighted by Crippen LogP contribution is 2.28. The first-order valence-corrected chi connectivity index (χ1v) is 13.4. The van der Waals surface area contributed by atoms with Crippen LogP contribution in [0, 0.1) is 19.8 Å². The molecule has 0 unspecified atom stereocenters. The molecule has 3 aromatic rings. The van der Waals surface area contributed by atoms with Gasteiger partial charge in [0.1, 0.15) is 12.4 Å². The van der Waals surface area contributed by atoms with E-state index in [1.54, 1.807) is 9.58 Å². The van der Waals surface area contributed by atoms with Crippen molar-refractivity contribution in [2.45, 2.75) is 80.1 Å². The lowest BCUT2D eigenvalue weighted by atomic mass is 9.86. The maximum Gasteiger partial charge on any atom is 0.254 e. The van der Waals surface area contributed by atoms with Gasteiger partial charge in [-0.3, -0.25) is 9.59 Å². The van der Waals surface area contributed by atoms with Crippen molar-refractivity contribution in [1.29, 1.82) is 0 Å². The maximum atomic E-state index is 13.5. The van der Waals surface area contributed by atoms with Gasteiger partial charge in [-0.15, -0.1) is 0 Å². The number of carbonyl (C=O) groups excluding carboxylic acids is 2. The van der Waals surface area contributed by atoms with E-state index >= 15 is 0 Å². The van der Waals surface area contributed by atoms with E-state index in [1.807, 2.05) is 56.3 Å². The van der Waals surface area contributed by atoms with Gasteiger partial charge in [0, 0.05) is 23.6 Å². The van der Waals surface area contributed by atoms with Gasteiger partial charge in [0.15, 0.2) is 0 Å². The van der Waals surface area contributed by atoms with Crippen molar-refractivity contribution < 1.29 is 9.59 Å². The van der Waals surface area contributed by atoms with Crippen molar-refractivity contribution in [3.8, 4) is 5.69 Å². The molecular weight excluding hydrogens is 472 g/mol. The summed E-state index contributed by atoms with van der Waals surface area (Å²) in [6, 6.07) is 15.7. The Morgan fingerprint density at radius 1 is 0.947 bits per heavy atom. The molecule has 0 radical (unpaired) electrons. The van der Waals surface area contributed by atoms with Crippen LogP contribution < -0.4 is 5.32 Å². The van der Waals surface area contributed by atoms with Crippen LogP contribution in [0.5, 0.6) is 0 Å². The molecule has 0 bridgehead atoms. The van der Waals surface area contributed by atoms with Crippen molar-refractivity contribution >= 4 is 17.6 Å². The first kappa shape index (κ1) is 29.2. The van der Waals surface area contributed by atoms with Crippen molar-refractivity contribution in [3.05, 3.63) is 76.5 Å². The topological polar surface area (TPSA) is 67.2 Å². The van der Waals surface area contributed by atoms with Gasteiger partial charge in [-0.05, 0) is 60.1 Å². The predicted octanol–water partition coefficient (Wildman–Crippen LogP) is 6.82. The van der Waals surface area contributed by atoms with E-state index in [0.29, 0.717) is 17.9 Å². The third-order valence-electron chi connectivity index (χ3n) is 6.75. The lowest BCUT2D eigenvalue weighted by molar-refractivity contribution is -0.117. The second-order valence-corrected chi connectivity index (χ2v) is 12.8. The summed E-state index contributed by atoms with van der Waals surface area (Å²) in [6.45, 7) is 21.4. The SMILES string of the molecule is Cc1cccc(-n2nc(C(C)(C)C)cc2NC(=O)CN(CC(C)C)C(=O)c2ccc(C(C)(C)C)cc2)c1C. The Morgan fingerprint density at radius 3 is 2.13 bits per heavy atom. The number of amides is 2. The van der Waals surface area contributed by atoms with Crippen LogP contribution in [-0.2, 0) is 15.6 Å². The first-order chi connectivity index (χ1) is 17.6. The molecule has 1 aromatic heterocycles. The van der Waals surface area contributed by atoms with Crippen molar-refractivity contribution in [2.75, 3.05) is 18.4 Å².